The second kappa shape index (κ2) is 9.00. The third kappa shape index (κ3) is 4.53. The lowest BCUT2D eigenvalue weighted by Gasteiger charge is -2.15. The van der Waals surface area contributed by atoms with E-state index in [0.29, 0.717) is 20.9 Å². The zero-order chi connectivity index (χ0) is 19.3. The fourth-order valence-electron chi connectivity index (χ4n) is 2.49. The van der Waals surface area contributed by atoms with E-state index in [1.54, 1.807) is 41.0 Å². The summed E-state index contributed by atoms with van der Waals surface area (Å²) in [5.74, 6) is -2.60. The molecule has 0 aliphatic heterocycles. The molecule has 0 bridgehead atoms. The second-order valence-corrected chi connectivity index (χ2v) is 6.67. The Morgan fingerprint density at radius 1 is 1.04 bits per heavy atom. The summed E-state index contributed by atoms with van der Waals surface area (Å²) in [6.07, 6.45) is 0.132. The van der Waals surface area contributed by atoms with Crippen molar-refractivity contribution in [3.63, 3.8) is 0 Å². The predicted octanol–water partition coefficient (Wildman–Crippen LogP) is 3.49. The van der Waals surface area contributed by atoms with Crippen LogP contribution in [0.5, 0.6) is 0 Å². The van der Waals surface area contributed by atoms with Gasteiger partial charge in [-0.3, -0.25) is 14.4 Å². The number of ether oxygens (including phenoxy) is 2. The molecule has 0 N–H and O–H groups in total. The predicted molar refractivity (Wildman–Crippen MR) is 99.2 cm³/mol. The molecule has 0 atom stereocenters. The van der Waals surface area contributed by atoms with Crippen LogP contribution in [-0.2, 0) is 25.6 Å². The van der Waals surface area contributed by atoms with E-state index in [9.17, 15) is 14.4 Å². The minimum Gasteiger partial charge on any atom is -0.468 e. The number of halogens is 2. The van der Waals surface area contributed by atoms with E-state index in [2.05, 4.69) is 25.4 Å². The van der Waals surface area contributed by atoms with Crippen LogP contribution in [0.3, 0.4) is 0 Å². The number of hydrogen-bond acceptors (Lipinski definition) is 5. The lowest BCUT2D eigenvalue weighted by molar-refractivity contribution is -0.159. The largest absolute Gasteiger partial charge is 0.468 e. The molecule has 2 rings (SSSR count). The van der Waals surface area contributed by atoms with E-state index in [0.717, 1.165) is 0 Å². The van der Waals surface area contributed by atoms with Gasteiger partial charge in [-0.15, -0.1) is 0 Å². The van der Waals surface area contributed by atoms with E-state index in [1.165, 1.54) is 14.2 Å². The molecule has 26 heavy (non-hydrogen) atoms. The maximum Gasteiger partial charge on any atom is 0.320 e. The van der Waals surface area contributed by atoms with E-state index in [-0.39, 0.29) is 18.7 Å². The lowest BCUT2D eigenvalue weighted by Crippen LogP contribution is -2.28. The van der Waals surface area contributed by atoms with Crippen molar-refractivity contribution in [2.45, 2.75) is 13.0 Å². The van der Waals surface area contributed by atoms with Crippen LogP contribution >= 0.6 is 27.5 Å². The Balaban J connectivity index is 2.24. The Kier molecular flexibility index (Phi) is 6.99. The van der Waals surface area contributed by atoms with E-state index in [4.69, 9.17) is 11.6 Å². The molecule has 0 radical (unpaired) electrons. The first-order valence-corrected chi connectivity index (χ1v) is 8.87. The highest BCUT2D eigenvalue weighted by Crippen LogP contribution is 2.22. The zero-order valence-corrected chi connectivity index (χ0v) is 16.5. The Morgan fingerprint density at radius 3 is 2.15 bits per heavy atom. The van der Waals surface area contributed by atoms with Gasteiger partial charge in [0.15, 0.2) is 5.92 Å². The molecule has 138 valence electrons. The maximum atomic E-state index is 12.7. The molecule has 0 saturated carbocycles. The van der Waals surface area contributed by atoms with Crippen molar-refractivity contribution in [1.82, 2.24) is 4.57 Å². The Bertz CT molecular complexity index is 799. The van der Waals surface area contributed by atoms with Gasteiger partial charge in [0.2, 0.25) is 5.78 Å². The van der Waals surface area contributed by atoms with E-state index in [1.807, 2.05) is 0 Å². The minimum atomic E-state index is -1.06. The van der Waals surface area contributed by atoms with Gasteiger partial charge in [-0.05, 0) is 58.7 Å². The normalized spacial score (nSPS) is 10.7. The van der Waals surface area contributed by atoms with Gasteiger partial charge in [0.05, 0.1) is 24.5 Å². The third-order valence-electron chi connectivity index (χ3n) is 3.88. The summed E-state index contributed by atoms with van der Waals surface area (Å²) in [6.45, 7) is 0.247. The van der Waals surface area contributed by atoms with Gasteiger partial charge in [-0.1, -0.05) is 11.6 Å². The summed E-state index contributed by atoms with van der Waals surface area (Å²) in [5.41, 5.74) is 0.909. The number of carbonyl (C=O) groups excluding carboxylic acids is 3. The van der Waals surface area contributed by atoms with Crippen LogP contribution in [-0.4, -0.2) is 36.5 Å². The van der Waals surface area contributed by atoms with Crippen molar-refractivity contribution in [2.24, 2.45) is 5.92 Å². The number of ketones is 1. The molecule has 0 unspecified atom stereocenters. The maximum absolute atomic E-state index is 12.7. The highest BCUT2D eigenvalue weighted by molar-refractivity contribution is 9.10. The average molecular weight is 443 g/mol. The number of hydrogen-bond donors (Lipinski definition) is 0. The van der Waals surface area contributed by atoms with Crippen LogP contribution in [0.25, 0.3) is 0 Å². The summed E-state index contributed by atoms with van der Waals surface area (Å²) in [4.78, 5) is 36.4. The minimum absolute atomic E-state index is 0.132. The third-order valence-corrected chi connectivity index (χ3v) is 4.82. The molecule has 1 aromatic carbocycles. The quantitative estimate of drug-likeness (QED) is 0.373. The van der Waals surface area contributed by atoms with Gasteiger partial charge >= 0.3 is 11.9 Å². The molecule has 0 aliphatic rings. The summed E-state index contributed by atoms with van der Waals surface area (Å²) in [6, 6.07) is 9.97. The van der Waals surface area contributed by atoms with Gasteiger partial charge in [0, 0.05) is 17.1 Å². The van der Waals surface area contributed by atoms with Gasteiger partial charge in [-0.25, -0.2) is 0 Å². The molecule has 1 aromatic heterocycles. The van der Waals surface area contributed by atoms with E-state index >= 15 is 0 Å². The van der Waals surface area contributed by atoms with Gasteiger partial charge < -0.3 is 14.0 Å². The van der Waals surface area contributed by atoms with Gasteiger partial charge in [-0.2, -0.15) is 0 Å². The monoisotopic (exact) mass is 441 g/mol. The van der Waals surface area contributed by atoms with Crippen LogP contribution in [0.15, 0.2) is 41.0 Å². The molecule has 0 amide bonds. The summed E-state index contributed by atoms with van der Waals surface area (Å²) < 4.78 is 11.7. The number of rotatable bonds is 7. The van der Waals surface area contributed by atoms with Crippen LogP contribution in [0, 0.1) is 5.92 Å². The molecular weight excluding hydrogens is 426 g/mol. The summed E-state index contributed by atoms with van der Waals surface area (Å²) in [7, 11) is 2.42. The smallest absolute Gasteiger partial charge is 0.320 e. The number of esters is 2. The van der Waals surface area contributed by atoms with Crippen LogP contribution < -0.4 is 0 Å². The second-order valence-electron chi connectivity index (χ2n) is 5.42. The average Bonchev–Trinajstić information content (AvgIpc) is 3.02. The first-order chi connectivity index (χ1) is 12.4. The molecule has 0 fully saturated rings. The first-order valence-electron chi connectivity index (χ1n) is 7.70. The molecule has 1 heterocycles. The van der Waals surface area contributed by atoms with Crippen molar-refractivity contribution in [3.8, 4) is 0 Å². The number of aromatic nitrogens is 1. The highest BCUT2D eigenvalue weighted by Gasteiger charge is 2.29. The van der Waals surface area contributed by atoms with Crippen LogP contribution in [0.2, 0.25) is 5.02 Å². The van der Waals surface area contributed by atoms with Gasteiger partial charge in [0.25, 0.3) is 0 Å². The standard InChI is InChI=1S/C18H17BrClNO5/c1-25-17(23)13(18(24)26-2)9-10-21-14(7-8-15(21)19)16(22)11-3-5-12(20)6-4-11/h3-8,13H,9-10H2,1-2H3. The molecule has 0 spiro atoms. The fourth-order valence-corrected chi connectivity index (χ4v) is 3.12. The summed E-state index contributed by atoms with van der Waals surface area (Å²) >= 11 is 9.24. The lowest BCUT2D eigenvalue weighted by atomic mass is 10.1. The van der Waals surface area contributed by atoms with Crippen molar-refractivity contribution in [1.29, 1.82) is 0 Å². The number of carbonyl (C=O) groups is 3. The topological polar surface area (TPSA) is 74.6 Å². The van der Waals surface area contributed by atoms with Gasteiger partial charge in [0.1, 0.15) is 0 Å². The zero-order valence-electron chi connectivity index (χ0n) is 14.2. The number of methoxy groups -OCH3 is 2. The summed E-state index contributed by atoms with van der Waals surface area (Å²) in [5, 5.41) is 0.539. The van der Waals surface area contributed by atoms with Crippen molar-refractivity contribution >= 4 is 45.3 Å². The van der Waals surface area contributed by atoms with Crippen LogP contribution in [0.1, 0.15) is 22.5 Å². The molecule has 0 aliphatic carbocycles. The number of nitrogens with zero attached hydrogens (tertiary/aromatic N) is 1. The van der Waals surface area contributed by atoms with Crippen molar-refractivity contribution in [3.05, 3.63) is 57.3 Å². The molecule has 6 nitrogen and oxygen atoms in total. The molecule has 2 aromatic rings. The Hall–Kier alpha value is -2.12. The first kappa shape index (κ1) is 20.2. The SMILES string of the molecule is COC(=O)C(CCn1c(Br)ccc1C(=O)c1ccc(Cl)cc1)C(=O)OC. The molecule has 8 heteroatoms. The number of benzene rings is 1. The Labute approximate surface area is 164 Å². The molecular formula is C18H17BrClNO5. The highest BCUT2D eigenvalue weighted by atomic mass is 79.9. The fraction of sp³-hybridized carbons (Fsp3) is 0.278. The van der Waals surface area contributed by atoms with Crippen molar-refractivity contribution < 1.29 is 23.9 Å². The van der Waals surface area contributed by atoms with Crippen molar-refractivity contribution in [2.75, 3.05) is 14.2 Å². The van der Waals surface area contributed by atoms with Crippen LogP contribution in [0.4, 0.5) is 0 Å². The molecule has 0 saturated heterocycles. The Morgan fingerprint density at radius 2 is 1.62 bits per heavy atom. The van der Waals surface area contributed by atoms with E-state index < -0.39 is 17.9 Å².